The van der Waals surface area contributed by atoms with Gasteiger partial charge in [-0.25, -0.2) is 0 Å². The predicted molar refractivity (Wildman–Crippen MR) is 89.8 cm³/mol. The van der Waals surface area contributed by atoms with Crippen molar-refractivity contribution in [2.24, 2.45) is 0 Å². The molecule has 4 heteroatoms. The summed E-state index contributed by atoms with van der Waals surface area (Å²) >= 11 is 3.15. The van der Waals surface area contributed by atoms with Gasteiger partial charge in [-0.05, 0) is 0 Å². The van der Waals surface area contributed by atoms with Crippen LogP contribution in [-0.2, 0) is 17.9 Å². The predicted octanol–water partition coefficient (Wildman–Crippen LogP) is 3.17. The van der Waals surface area contributed by atoms with Crippen molar-refractivity contribution in [2.45, 2.75) is 26.4 Å². The number of para-hydroxylation sites is 2. The van der Waals surface area contributed by atoms with Crippen molar-refractivity contribution in [1.29, 1.82) is 0 Å². The van der Waals surface area contributed by atoms with Crippen LogP contribution in [0.25, 0.3) is 11.0 Å². The van der Waals surface area contributed by atoms with E-state index in [9.17, 15) is 4.79 Å². The molecule has 0 saturated carbocycles. The molecule has 0 unspecified atom stereocenters. The van der Waals surface area contributed by atoms with Gasteiger partial charge in [0, 0.05) is 0 Å². The van der Waals surface area contributed by atoms with Crippen LogP contribution >= 0.6 is 0 Å². The normalized spacial score (nSPS) is 11.0. The van der Waals surface area contributed by atoms with Gasteiger partial charge in [-0.3, -0.25) is 0 Å². The van der Waals surface area contributed by atoms with Crippen LogP contribution < -0.4 is 0 Å². The van der Waals surface area contributed by atoms with Crippen LogP contribution in [0, 0.1) is 4.32 Å². The van der Waals surface area contributed by atoms with Crippen molar-refractivity contribution in [3.63, 3.8) is 0 Å². The van der Waals surface area contributed by atoms with Crippen LogP contribution in [0.1, 0.15) is 18.9 Å². The quantitative estimate of drug-likeness (QED) is 0.645. The summed E-state index contributed by atoms with van der Waals surface area (Å²) in [4.78, 5) is 11.9. The molecule has 0 amide bonds. The number of benzene rings is 2. The van der Waals surface area contributed by atoms with E-state index < -0.39 is 0 Å². The number of carbonyl (C=O) groups excluding carboxylic acids is 1. The van der Waals surface area contributed by atoms with E-state index in [0.29, 0.717) is 13.0 Å². The van der Waals surface area contributed by atoms with E-state index in [4.69, 9.17) is 0 Å². The van der Waals surface area contributed by atoms with E-state index >= 15 is 0 Å². The number of carbonyl (C=O) groups is 1. The van der Waals surface area contributed by atoms with Crippen LogP contribution in [-0.4, -0.2) is 30.5 Å². The number of imidazole rings is 1. The number of ketones is 1. The molecule has 0 saturated heterocycles. The SMILES string of the molecule is CCC(=O)Cn1c(=[Se])n(Cc2ccccc2)c2ccccc21. The van der Waals surface area contributed by atoms with Crippen LogP contribution in [0.2, 0.25) is 0 Å². The Morgan fingerprint density at radius 2 is 1.55 bits per heavy atom. The number of rotatable bonds is 5. The van der Waals surface area contributed by atoms with E-state index in [2.05, 4.69) is 61.1 Å². The minimum atomic E-state index is 0.240. The minimum absolute atomic E-state index is 0.240. The molecule has 1 heterocycles. The van der Waals surface area contributed by atoms with Gasteiger partial charge < -0.3 is 0 Å². The molecule has 0 aliphatic rings. The van der Waals surface area contributed by atoms with Crippen molar-refractivity contribution in [1.82, 2.24) is 9.13 Å². The van der Waals surface area contributed by atoms with Crippen molar-refractivity contribution in [3.05, 3.63) is 64.5 Å². The number of aromatic nitrogens is 2. The van der Waals surface area contributed by atoms with Gasteiger partial charge in [0.05, 0.1) is 0 Å². The molecule has 0 atom stereocenters. The van der Waals surface area contributed by atoms with Crippen molar-refractivity contribution >= 4 is 32.4 Å². The fraction of sp³-hybridized carbons (Fsp3) is 0.222. The van der Waals surface area contributed by atoms with E-state index in [1.807, 2.05) is 25.1 Å². The molecule has 1 aromatic heterocycles. The van der Waals surface area contributed by atoms with Crippen LogP contribution in [0.15, 0.2) is 54.6 Å². The Bertz CT molecular complexity index is 862. The number of hydrogen-bond donors (Lipinski definition) is 0. The summed E-state index contributed by atoms with van der Waals surface area (Å²) in [6.07, 6.45) is 0.560. The average molecular weight is 357 g/mol. The van der Waals surface area contributed by atoms with Crippen LogP contribution in [0.5, 0.6) is 0 Å². The summed E-state index contributed by atoms with van der Waals surface area (Å²) in [6, 6.07) is 18.6. The maximum atomic E-state index is 11.9. The van der Waals surface area contributed by atoms with Crippen molar-refractivity contribution < 1.29 is 4.79 Å². The molecule has 0 aliphatic heterocycles. The monoisotopic (exact) mass is 358 g/mol. The molecule has 0 spiro atoms. The Hall–Kier alpha value is -1.90. The van der Waals surface area contributed by atoms with Gasteiger partial charge in [0.2, 0.25) is 0 Å². The first-order valence-corrected chi connectivity index (χ1v) is 8.30. The Balaban J connectivity index is 2.12. The number of fused-ring (bicyclic) bond motifs is 1. The zero-order valence-corrected chi connectivity index (χ0v) is 14.2. The number of Topliss-reactive ketones (excluding diaryl/α,β-unsaturated/α-hetero) is 1. The Labute approximate surface area is 137 Å². The van der Waals surface area contributed by atoms with Crippen molar-refractivity contribution in [3.8, 4) is 0 Å². The molecule has 3 aromatic rings. The van der Waals surface area contributed by atoms with E-state index in [1.165, 1.54) is 5.56 Å². The van der Waals surface area contributed by atoms with Gasteiger partial charge >= 0.3 is 137 Å². The molecule has 3 rings (SSSR count). The third-order valence-electron chi connectivity index (χ3n) is 3.84. The molecular formula is C18H18N2OSe. The van der Waals surface area contributed by atoms with Gasteiger partial charge in [0.15, 0.2) is 0 Å². The second-order valence-corrected chi connectivity index (χ2v) is 6.09. The van der Waals surface area contributed by atoms with Crippen LogP contribution in [0.4, 0.5) is 0 Å². The second kappa shape index (κ2) is 6.47. The molecule has 0 bridgehead atoms. The summed E-state index contributed by atoms with van der Waals surface area (Å²) in [5.41, 5.74) is 3.48. The third-order valence-corrected chi connectivity index (χ3v) is 4.76. The molecule has 0 aliphatic carbocycles. The molecule has 112 valence electrons. The summed E-state index contributed by atoms with van der Waals surface area (Å²) in [7, 11) is 0. The van der Waals surface area contributed by atoms with Gasteiger partial charge in [0.25, 0.3) is 0 Å². The molecule has 0 radical (unpaired) electrons. The summed E-state index contributed by atoms with van der Waals surface area (Å²) in [6.45, 7) is 3.11. The zero-order chi connectivity index (χ0) is 15.5. The Kier molecular flexibility index (Phi) is 4.41. The van der Waals surface area contributed by atoms with E-state index in [0.717, 1.165) is 21.9 Å². The molecule has 0 N–H and O–H groups in total. The van der Waals surface area contributed by atoms with Crippen molar-refractivity contribution in [2.75, 3.05) is 0 Å². The Morgan fingerprint density at radius 3 is 2.18 bits per heavy atom. The standard InChI is InChI=1S/C18H18N2OSe/c1-2-15(21)13-20-17-11-7-6-10-16(17)19(18(20)22)12-14-8-4-3-5-9-14/h3-11H,2,12-13H2,1H3. The van der Waals surface area contributed by atoms with Gasteiger partial charge in [-0.1, -0.05) is 0 Å². The van der Waals surface area contributed by atoms with Crippen LogP contribution in [0.3, 0.4) is 0 Å². The molecule has 2 aromatic carbocycles. The van der Waals surface area contributed by atoms with Gasteiger partial charge in [-0.2, -0.15) is 0 Å². The molecule has 0 fully saturated rings. The summed E-state index contributed by atoms with van der Waals surface area (Å²) in [5, 5.41) is 0. The van der Waals surface area contributed by atoms with Gasteiger partial charge in [-0.15, -0.1) is 0 Å². The average Bonchev–Trinajstić information content (AvgIpc) is 2.82. The second-order valence-electron chi connectivity index (χ2n) is 5.32. The first-order valence-electron chi connectivity index (χ1n) is 7.44. The fourth-order valence-corrected chi connectivity index (χ4v) is 3.32. The fourth-order valence-electron chi connectivity index (χ4n) is 2.63. The summed E-state index contributed by atoms with van der Waals surface area (Å²) in [5.74, 6) is 0.240. The van der Waals surface area contributed by atoms with Gasteiger partial charge in [0.1, 0.15) is 0 Å². The first kappa shape index (κ1) is 15.0. The summed E-state index contributed by atoms with van der Waals surface area (Å²) < 4.78 is 5.30. The van der Waals surface area contributed by atoms with E-state index in [-0.39, 0.29) is 5.78 Å². The first-order chi connectivity index (χ1) is 10.7. The number of nitrogens with zero attached hydrogens (tertiary/aromatic N) is 2. The maximum absolute atomic E-state index is 11.9. The zero-order valence-electron chi connectivity index (χ0n) is 12.5. The Morgan fingerprint density at radius 1 is 0.955 bits per heavy atom. The molecule has 3 nitrogen and oxygen atoms in total. The van der Waals surface area contributed by atoms with E-state index in [1.54, 1.807) is 0 Å². The molecule has 22 heavy (non-hydrogen) atoms. The molecular weight excluding hydrogens is 339 g/mol. The topological polar surface area (TPSA) is 26.9 Å². The third kappa shape index (κ3) is 2.85. The number of hydrogen-bond acceptors (Lipinski definition) is 1.